The van der Waals surface area contributed by atoms with Gasteiger partial charge in [0.25, 0.3) is 5.91 Å². The number of H-pyrrole nitrogens is 2. The van der Waals surface area contributed by atoms with Gasteiger partial charge in [0.2, 0.25) is 0 Å². The molecule has 5 heteroatoms. The van der Waals surface area contributed by atoms with Gasteiger partial charge in [0.05, 0.1) is 11.4 Å². The number of nitrogens with one attached hydrogen (secondary N) is 3. The molecular weight excluding hydrogens is 264 g/mol. The van der Waals surface area contributed by atoms with Gasteiger partial charge in [0, 0.05) is 28.2 Å². The molecule has 0 unspecified atom stereocenters. The van der Waals surface area contributed by atoms with Crippen molar-refractivity contribution in [3.05, 3.63) is 42.1 Å². The number of hydrogen-bond acceptors (Lipinski definition) is 2. The second-order valence-electron chi connectivity index (χ2n) is 6.16. The first-order valence-electron chi connectivity index (χ1n) is 6.87. The van der Waals surface area contributed by atoms with Gasteiger partial charge >= 0.3 is 0 Å². The van der Waals surface area contributed by atoms with Crippen molar-refractivity contribution in [2.75, 3.05) is 0 Å². The van der Waals surface area contributed by atoms with E-state index >= 15 is 0 Å². The summed E-state index contributed by atoms with van der Waals surface area (Å²) in [4.78, 5) is 15.5. The minimum Gasteiger partial charge on any atom is -0.353 e. The van der Waals surface area contributed by atoms with Crippen LogP contribution in [-0.4, -0.2) is 26.6 Å². The molecular formula is C16H18N4O. The molecule has 2 aromatic heterocycles. The summed E-state index contributed by atoms with van der Waals surface area (Å²) in [6.45, 7) is 5.90. The van der Waals surface area contributed by atoms with Crippen molar-refractivity contribution in [2.45, 2.75) is 26.3 Å². The number of benzene rings is 1. The predicted octanol–water partition coefficient (Wildman–Crippen LogP) is 3.09. The van der Waals surface area contributed by atoms with Gasteiger partial charge in [0.15, 0.2) is 0 Å². The van der Waals surface area contributed by atoms with Crippen LogP contribution in [0.1, 0.15) is 31.1 Å². The smallest absolute Gasteiger partial charge is 0.251 e. The van der Waals surface area contributed by atoms with Crippen LogP contribution in [0.5, 0.6) is 0 Å². The molecule has 0 fully saturated rings. The van der Waals surface area contributed by atoms with Gasteiger partial charge in [-0.2, -0.15) is 5.10 Å². The maximum atomic E-state index is 12.2. The number of hydrogen-bond donors (Lipinski definition) is 3. The van der Waals surface area contributed by atoms with Crippen LogP contribution in [-0.2, 0) is 0 Å². The molecule has 1 aromatic carbocycles. The van der Waals surface area contributed by atoms with Crippen molar-refractivity contribution in [3.63, 3.8) is 0 Å². The van der Waals surface area contributed by atoms with E-state index in [2.05, 4.69) is 20.5 Å². The van der Waals surface area contributed by atoms with Gasteiger partial charge in [-0.3, -0.25) is 9.89 Å². The fourth-order valence-corrected chi connectivity index (χ4v) is 2.24. The fourth-order valence-electron chi connectivity index (χ4n) is 2.24. The first-order chi connectivity index (χ1) is 9.92. The first-order valence-corrected chi connectivity index (χ1v) is 6.87. The number of amides is 1. The third-order valence-electron chi connectivity index (χ3n) is 3.16. The molecule has 2 heterocycles. The van der Waals surface area contributed by atoms with E-state index in [0.29, 0.717) is 5.56 Å². The Kier molecular flexibility index (Phi) is 3.05. The van der Waals surface area contributed by atoms with Gasteiger partial charge in [-0.15, -0.1) is 0 Å². The molecule has 0 spiro atoms. The van der Waals surface area contributed by atoms with Crippen LogP contribution in [0.2, 0.25) is 0 Å². The fraction of sp³-hybridized carbons (Fsp3) is 0.250. The molecule has 108 valence electrons. The second-order valence-corrected chi connectivity index (χ2v) is 6.16. The molecule has 0 saturated carbocycles. The Bertz CT molecular complexity index is 778. The van der Waals surface area contributed by atoms with Gasteiger partial charge in [-0.1, -0.05) is 0 Å². The number of rotatable bonds is 2. The van der Waals surface area contributed by atoms with E-state index in [9.17, 15) is 4.79 Å². The summed E-state index contributed by atoms with van der Waals surface area (Å²) in [5, 5.41) is 10.8. The van der Waals surface area contributed by atoms with E-state index in [4.69, 9.17) is 0 Å². The van der Waals surface area contributed by atoms with E-state index in [-0.39, 0.29) is 11.4 Å². The molecule has 3 N–H and O–H groups in total. The van der Waals surface area contributed by atoms with Crippen molar-refractivity contribution >= 4 is 16.8 Å². The summed E-state index contributed by atoms with van der Waals surface area (Å²) in [6.07, 6.45) is 1.71. The largest absolute Gasteiger partial charge is 0.353 e. The minimum absolute atomic E-state index is 0.0614. The van der Waals surface area contributed by atoms with Crippen molar-refractivity contribution in [3.8, 4) is 11.4 Å². The lowest BCUT2D eigenvalue weighted by Gasteiger charge is -2.20. The molecule has 1 amide bonds. The molecule has 21 heavy (non-hydrogen) atoms. The van der Waals surface area contributed by atoms with Crippen LogP contribution in [0.15, 0.2) is 36.5 Å². The Morgan fingerprint density at radius 2 is 1.95 bits per heavy atom. The lowest BCUT2D eigenvalue weighted by atomic mass is 10.1. The predicted molar refractivity (Wildman–Crippen MR) is 83.1 cm³/mol. The van der Waals surface area contributed by atoms with Crippen LogP contribution in [0.3, 0.4) is 0 Å². The molecule has 0 saturated heterocycles. The highest BCUT2D eigenvalue weighted by Gasteiger charge is 2.16. The number of carbonyl (C=O) groups is 1. The maximum absolute atomic E-state index is 12.2. The van der Waals surface area contributed by atoms with Crippen molar-refractivity contribution in [2.24, 2.45) is 0 Å². The lowest BCUT2D eigenvalue weighted by Crippen LogP contribution is -2.40. The summed E-state index contributed by atoms with van der Waals surface area (Å²) in [6, 6.07) is 9.56. The quantitative estimate of drug-likeness (QED) is 0.675. The maximum Gasteiger partial charge on any atom is 0.251 e. The molecule has 0 aliphatic heterocycles. The zero-order chi connectivity index (χ0) is 15.0. The Morgan fingerprint density at radius 1 is 1.14 bits per heavy atom. The third kappa shape index (κ3) is 2.81. The van der Waals surface area contributed by atoms with Crippen LogP contribution in [0, 0.1) is 0 Å². The lowest BCUT2D eigenvalue weighted by molar-refractivity contribution is 0.0919. The Hall–Kier alpha value is -2.56. The molecule has 5 nitrogen and oxygen atoms in total. The number of aromatic amines is 2. The van der Waals surface area contributed by atoms with E-state index < -0.39 is 0 Å². The molecule has 3 rings (SSSR count). The highest BCUT2D eigenvalue weighted by molar-refractivity contribution is 5.99. The van der Waals surface area contributed by atoms with Gasteiger partial charge < -0.3 is 10.3 Å². The van der Waals surface area contributed by atoms with Crippen LogP contribution >= 0.6 is 0 Å². The zero-order valence-electron chi connectivity index (χ0n) is 12.3. The van der Waals surface area contributed by atoms with Crippen LogP contribution < -0.4 is 5.32 Å². The molecule has 0 atom stereocenters. The number of fused-ring (bicyclic) bond motifs is 1. The summed E-state index contributed by atoms with van der Waals surface area (Å²) in [5.41, 5.74) is 3.29. The molecule has 0 radical (unpaired) electrons. The standard InChI is InChI=1S/C16H18N4O/c1-16(2,3)19-15(21)10-4-5-12-11(8-10)9-14(18-12)13-6-7-17-20-13/h4-9,18H,1-3H3,(H,17,20)(H,19,21). The van der Waals surface area contributed by atoms with Crippen molar-refractivity contribution < 1.29 is 4.79 Å². The summed E-state index contributed by atoms with van der Waals surface area (Å²) in [7, 11) is 0. The monoisotopic (exact) mass is 282 g/mol. The summed E-state index contributed by atoms with van der Waals surface area (Å²) < 4.78 is 0. The SMILES string of the molecule is CC(C)(C)NC(=O)c1ccc2[nH]c(-c3ccn[nH]3)cc2c1. The van der Waals surface area contributed by atoms with E-state index in [1.165, 1.54) is 0 Å². The van der Waals surface area contributed by atoms with Crippen molar-refractivity contribution in [1.29, 1.82) is 0 Å². The average Bonchev–Trinajstić information content (AvgIpc) is 3.04. The Balaban J connectivity index is 1.95. The molecule has 0 aliphatic carbocycles. The minimum atomic E-state index is -0.245. The van der Waals surface area contributed by atoms with Gasteiger partial charge in [0.1, 0.15) is 0 Å². The highest BCUT2D eigenvalue weighted by atomic mass is 16.1. The van der Waals surface area contributed by atoms with E-state index in [1.54, 1.807) is 6.20 Å². The number of aromatic nitrogens is 3. The van der Waals surface area contributed by atoms with E-state index in [1.807, 2.05) is 51.1 Å². The Morgan fingerprint density at radius 3 is 2.62 bits per heavy atom. The van der Waals surface area contributed by atoms with Gasteiger partial charge in [-0.25, -0.2) is 0 Å². The molecule has 3 aromatic rings. The average molecular weight is 282 g/mol. The molecule has 0 aliphatic rings. The normalized spacial score (nSPS) is 11.8. The number of carbonyl (C=O) groups excluding carboxylic acids is 1. The molecule has 0 bridgehead atoms. The number of nitrogens with zero attached hydrogens (tertiary/aromatic N) is 1. The topological polar surface area (TPSA) is 73.6 Å². The Labute approximate surface area is 122 Å². The van der Waals surface area contributed by atoms with E-state index in [0.717, 1.165) is 22.3 Å². The first kappa shape index (κ1) is 13.4. The van der Waals surface area contributed by atoms with Gasteiger partial charge in [-0.05, 0) is 51.1 Å². The zero-order valence-corrected chi connectivity index (χ0v) is 12.3. The van der Waals surface area contributed by atoms with Crippen molar-refractivity contribution in [1.82, 2.24) is 20.5 Å². The highest BCUT2D eigenvalue weighted by Crippen LogP contribution is 2.23. The third-order valence-corrected chi connectivity index (χ3v) is 3.16. The van der Waals surface area contributed by atoms with Crippen LogP contribution in [0.4, 0.5) is 0 Å². The van der Waals surface area contributed by atoms with Crippen LogP contribution in [0.25, 0.3) is 22.3 Å². The second kappa shape index (κ2) is 4.77. The summed E-state index contributed by atoms with van der Waals surface area (Å²) in [5.74, 6) is -0.0614. The summed E-state index contributed by atoms with van der Waals surface area (Å²) >= 11 is 0.